The molecule has 186 valence electrons. The Morgan fingerprint density at radius 1 is 0.914 bits per heavy atom. The third-order valence-corrected chi connectivity index (χ3v) is 7.82. The zero-order valence-electron chi connectivity index (χ0n) is 20.8. The molecule has 5 rings (SSSR count). The number of hydrogen-bond acceptors (Lipinski definition) is 5. The highest BCUT2D eigenvalue weighted by Crippen LogP contribution is 2.42. The monoisotopic (exact) mass is 474 g/mol. The molecule has 3 aromatic rings. The highest BCUT2D eigenvalue weighted by atomic mass is 16.5. The van der Waals surface area contributed by atoms with E-state index in [0.717, 1.165) is 81.0 Å². The fraction of sp³-hybridized carbons (Fsp3) is 0.467. The predicted octanol–water partition coefficient (Wildman–Crippen LogP) is 5.11. The summed E-state index contributed by atoms with van der Waals surface area (Å²) in [4.78, 5) is 2.49. The molecule has 5 nitrogen and oxygen atoms in total. The van der Waals surface area contributed by atoms with E-state index in [1.807, 2.05) is 6.07 Å². The van der Waals surface area contributed by atoms with Gasteiger partial charge in [0.2, 0.25) is 0 Å². The number of piperazine rings is 1. The van der Waals surface area contributed by atoms with Gasteiger partial charge < -0.3 is 24.8 Å². The van der Waals surface area contributed by atoms with Gasteiger partial charge in [0.15, 0.2) is 11.5 Å². The van der Waals surface area contributed by atoms with Crippen molar-refractivity contribution in [2.75, 3.05) is 39.8 Å². The van der Waals surface area contributed by atoms with Crippen LogP contribution in [-0.2, 0) is 6.61 Å². The summed E-state index contributed by atoms with van der Waals surface area (Å²) in [5, 5.41) is 17.7. The molecule has 5 heteroatoms. The van der Waals surface area contributed by atoms with Gasteiger partial charge >= 0.3 is 0 Å². The molecule has 0 amide bonds. The highest BCUT2D eigenvalue weighted by molar-refractivity contribution is 5.82. The predicted molar refractivity (Wildman–Crippen MR) is 141 cm³/mol. The summed E-state index contributed by atoms with van der Waals surface area (Å²) in [5.41, 5.74) is 1.60. The Bertz CT molecular complexity index is 1120. The highest BCUT2D eigenvalue weighted by Gasteiger charge is 2.40. The number of hydrogen-bond donors (Lipinski definition) is 2. The molecule has 1 atom stereocenters. The average Bonchev–Trinajstić information content (AvgIpc) is 2.91. The van der Waals surface area contributed by atoms with E-state index >= 15 is 0 Å². The van der Waals surface area contributed by atoms with E-state index in [-0.39, 0.29) is 5.92 Å². The third-order valence-electron chi connectivity index (χ3n) is 7.82. The Labute approximate surface area is 209 Å². The molecule has 3 aromatic carbocycles. The van der Waals surface area contributed by atoms with Crippen molar-refractivity contribution in [3.63, 3.8) is 0 Å². The molecule has 1 unspecified atom stereocenters. The largest absolute Gasteiger partial charge is 0.493 e. The number of nitrogens with one attached hydrogen (secondary N) is 1. The topological polar surface area (TPSA) is 54.0 Å². The van der Waals surface area contributed by atoms with E-state index in [4.69, 9.17) is 9.47 Å². The molecule has 2 fully saturated rings. The van der Waals surface area contributed by atoms with Gasteiger partial charge in [-0.25, -0.2) is 0 Å². The Balaban J connectivity index is 1.36. The Morgan fingerprint density at radius 3 is 2.46 bits per heavy atom. The first kappa shape index (κ1) is 24.1. The van der Waals surface area contributed by atoms with E-state index < -0.39 is 5.60 Å². The fourth-order valence-corrected chi connectivity index (χ4v) is 5.76. The summed E-state index contributed by atoms with van der Waals surface area (Å²) in [7, 11) is 1.70. The zero-order valence-corrected chi connectivity index (χ0v) is 20.8. The lowest BCUT2D eigenvalue weighted by Gasteiger charge is -2.42. The molecule has 1 aliphatic heterocycles. The van der Waals surface area contributed by atoms with Gasteiger partial charge in [-0.05, 0) is 52.9 Å². The van der Waals surface area contributed by atoms with E-state index in [9.17, 15) is 5.11 Å². The lowest BCUT2D eigenvalue weighted by molar-refractivity contribution is -0.0317. The van der Waals surface area contributed by atoms with Gasteiger partial charge in [0.05, 0.1) is 12.7 Å². The number of methoxy groups -OCH3 is 1. The van der Waals surface area contributed by atoms with Crippen LogP contribution in [-0.4, -0.2) is 55.4 Å². The number of benzene rings is 3. The van der Waals surface area contributed by atoms with Crippen LogP contribution in [0.1, 0.15) is 49.1 Å². The van der Waals surface area contributed by atoms with Gasteiger partial charge in [-0.3, -0.25) is 0 Å². The lowest BCUT2D eigenvalue weighted by Crippen LogP contribution is -2.49. The number of ether oxygens (including phenoxy) is 2. The Morgan fingerprint density at radius 2 is 1.69 bits per heavy atom. The molecule has 1 aliphatic carbocycles. The number of rotatable bonds is 8. The molecule has 2 N–H and O–H groups in total. The quantitative estimate of drug-likeness (QED) is 0.475. The smallest absolute Gasteiger partial charge is 0.161 e. The molecule has 0 radical (unpaired) electrons. The second-order valence-corrected chi connectivity index (χ2v) is 10.1. The molecule has 0 spiro atoms. The average molecular weight is 475 g/mol. The van der Waals surface area contributed by atoms with Crippen LogP contribution < -0.4 is 14.8 Å². The molecule has 0 aromatic heterocycles. The van der Waals surface area contributed by atoms with Crippen molar-refractivity contribution in [3.05, 3.63) is 71.8 Å². The number of nitrogens with zero attached hydrogens (tertiary/aromatic N) is 1. The molecule has 1 saturated carbocycles. The SMILES string of the molecule is COc1cc(C(CN2CCNCC2)C2(O)CCCCC2)ccc1OCc1ccc2ccccc2c1. The maximum Gasteiger partial charge on any atom is 0.161 e. The maximum absolute atomic E-state index is 11.8. The molecular formula is C30H38N2O3. The van der Waals surface area contributed by atoms with Crippen LogP contribution in [0.5, 0.6) is 11.5 Å². The zero-order chi connectivity index (χ0) is 24.1. The molecule has 1 saturated heterocycles. The van der Waals surface area contributed by atoms with Gasteiger partial charge in [-0.2, -0.15) is 0 Å². The van der Waals surface area contributed by atoms with E-state index in [1.54, 1.807) is 7.11 Å². The molecule has 1 heterocycles. The second kappa shape index (κ2) is 11.0. The summed E-state index contributed by atoms with van der Waals surface area (Å²) in [5.74, 6) is 1.53. The minimum absolute atomic E-state index is 0.0596. The molecule has 2 aliphatic rings. The summed E-state index contributed by atoms with van der Waals surface area (Å²) in [6.45, 7) is 5.42. The summed E-state index contributed by atoms with van der Waals surface area (Å²) < 4.78 is 12.0. The van der Waals surface area contributed by atoms with Crippen LogP contribution in [0.2, 0.25) is 0 Å². The Hall–Kier alpha value is -2.60. The van der Waals surface area contributed by atoms with Crippen LogP contribution >= 0.6 is 0 Å². The van der Waals surface area contributed by atoms with Crippen molar-refractivity contribution < 1.29 is 14.6 Å². The normalized spacial score (nSPS) is 19.4. The third kappa shape index (κ3) is 5.64. The van der Waals surface area contributed by atoms with Crippen LogP contribution in [0, 0.1) is 0 Å². The van der Waals surface area contributed by atoms with Crippen LogP contribution in [0.15, 0.2) is 60.7 Å². The Kier molecular flexibility index (Phi) is 7.57. The second-order valence-electron chi connectivity index (χ2n) is 10.1. The van der Waals surface area contributed by atoms with E-state index in [2.05, 4.69) is 64.8 Å². The van der Waals surface area contributed by atoms with Gasteiger partial charge in [0.1, 0.15) is 6.61 Å². The van der Waals surface area contributed by atoms with Gasteiger partial charge in [0.25, 0.3) is 0 Å². The molecule has 0 bridgehead atoms. The lowest BCUT2D eigenvalue weighted by atomic mass is 9.72. The van der Waals surface area contributed by atoms with E-state index in [0.29, 0.717) is 6.61 Å². The van der Waals surface area contributed by atoms with Gasteiger partial charge in [0, 0.05) is 38.6 Å². The summed E-state index contributed by atoms with van der Waals surface area (Å²) in [6, 6.07) is 21.1. The molecular weight excluding hydrogens is 436 g/mol. The maximum atomic E-state index is 11.8. The van der Waals surface area contributed by atoms with Crippen LogP contribution in [0.25, 0.3) is 10.8 Å². The first-order chi connectivity index (χ1) is 17.1. The van der Waals surface area contributed by atoms with Crippen molar-refractivity contribution in [3.8, 4) is 11.5 Å². The van der Waals surface area contributed by atoms with Crippen molar-refractivity contribution in [1.82, 2.24) is 10.2 Å². The van der Waals surface area contributed by atoms with Gasteiger partial charge in [-0.1, -0.05) is 61.7 Å². The van der Waals surface area contributed by atoms with Crippen molar-refractivity contribution in [2.45, 2.75) is 50.2 Å². The standard InChI is InChI=1S/C30H38N2O3/c1-34-29-20-26(27(21-32-17-15-31-16-18-32)30(33)13-5-2-6-14-30)11-12-28(29)35-22-23-9-10-24-7-3-4-8-25(24)19-23/h3-4,7-12,19-20,27,31,33H,2,5-6,13-18,21-22H2,1H3. The van der Waals surface area contributed by atoms with Crippen molar-refractivity contribution >= 4 is 10.8 Å². The molecule has 35 heavy (non-hydrogen) atoms. The minimum Gasteiger partial charge on any atom is -0.493 e. The van der Waals surface area contributed by atoms with Crippen molar-refractivity contribution in [2.24, 2.45) is 0 Å². The van der Waals surface area contributed by atoms with Gasteiger partial charge in [-0.15, -0.1) is 0 Å². The van der Waals surface area contributed by atoms with Crippen molar-refractivity contribution in [1.29, 1.82) is 0 Å². The van der Waals surface area contributed by atoms with Crippen LogP contribution in [0.4, 0.5) is 0 Å². The van der Waals surface area contributed by atoms with E-state index in [1.165, 1.54) is 17.2 Å². The summed E-state index contributed by atoms with van der Waals surface area (Å²) in [6.07, 6.45) is 5.14. The van der Waals surface area contributed by atoms with Crippen LogP contribution in [0.3, 0.4) is 0 Å². The number of fused-ring (bicyclic) bond motifs is 1. The first-order valence-electron chi connectivity index (χ1n) is 13.1. The fourth-order valence-electron chi connectivity index (χ4n) is 5.76. The number of aliphatic hydroxyl groups is 1. The minimum atomic E-state index is -0.665. The summed E-state index contributed by atoms with van der Waals surface area (Å²) >= 11 is 0. The first-order valence-corrected chi connectivity index (χ1v) is 13.1.